The Balaban J connectivity index is 1.81. The van der Waals surface area contributed by atoms with E-state index in [2.05, 4.69) is 41.4 Å². The van der Waals surface area contributed by atoms with Crippen LogP contribution in [0, 0.1) is 0 Å². The number of methoxy groups -OCH3 is 1. The van der Waals surface area contributed by atoms with E-state index >= 15 is 0 Å². The van der Waals surface area contributed by atoms with Gasteiger partial charge in [-0.05, 0) is 40.5 Å². The Labute approximate surface area is 188 Å². The van der Waals surface area contributed by atoms with Crippen LogP contribution in [0.3, 0.4) is 0 Å². The van der Waals surface area contributed by atoms with E-state index in [-0.39, 0.29) is 6.61 Å². The van der Waals surface area contributed by atoms with E-state index in [4.69, 9.17) is 9.47 Å². The maximum absolute atomic E-state index is 11.5. The fraction of sp³-hybridized carbons (Fsp3) is 0.143. The lowest BCUT2D eigenvalue weighted by Crippen LogP contribution is -2.34. The number of aldehydes is 1. The summed E-state index contributed by atoms with van der Waals surface area (Å²) in [5.41, 5.74) is 3.80. The largest absolute Gasteiger partial charge is 0.497 e. The minimum Gasteiger partial charge on any atom is -0.497 e. The number of pyridine rings is 1. The van der Waals surface area contributed by atoms with Crippen LogP contribution in [0.25, 0.3) is 0 Å². The molecule has 1 heterocycles. The number of benzene rings is 3. The molecule has 4 aromatic rings. The Hall–Kier alpha value is -3.76. The van der Waals surface area contributed by atoms with Crippen molar-refractivity contribution in [2.45, 2.75) is 18.6 Å². The van der Waals surface area contributed by atoms with Gasteiger partial charge in [-0.1, -0.05) is 72.8 Å². The molecule has 0 atom stereocenters. The Bertz CT molecular complexity index is 1100. The van der Waals surface area contributed by atoms with E-state index in [0.29, 0.717) is 12.0 Å². The van der Waals surface area contributed by atoms with E-state index in [1.54, 1.807) is 19.5 Å². The minimum absolute atomic E-state index is 0.274. The number of aromatic nitrogens is 1. The van der Waals surface area contributed by atoms with Gasteiger partial charge in [0.05, 0.1) is 13.7 Å². The molecule has 0 spiro atoms. The molecule has 4 rings (SSSR count). The summed E-state index contributed by atoms with van der Waals surface area (Å²) in [4.78, 5) is 15.6. The van der Waals surface area contributed by atoms with Crippen molar-refractivity contribution < 1.29 is 14.3 Å². The molecule has 0 aliphatic rings. The molecule has 0 radical (unpaired) electrons. The van der Waals surface area contributed by atoms with Gasteiger partial charge < -0.3 is 9.47 Å². The van der Waals surface area contributed by atoms with Gasteiger partial charge in [0.25, 0.3) is 0 Å². The molecule has 4 nitrogen and oxygen atoms in total. The highest BCUT2D eigenvalue weighted by Crippen LogP contribution is 2.38. The number of rotatable bonds is 9. The summed E-state index contributed by atoms with van der Waals surface area (Å²) >= 11 is 0. The van der Waals surface area contributed by atoms with Crippen LogP contribution in [-0.2, 0) is 23.4 Å². The third-order valence-electron chi connectivity index (χ3n) is 5.64. The van der Waals surface area contributed by atoms with Crippen LogP contribution < -0.4 is 4.74 Å². The molecule has 32 heavy (non-hydrogen) atoms. The number of nitrogens with zero attached hydrogens (tertiary/aromatic N) is 1. The summed E-state index contributed by atoms with van der Waals surface area (Å²) in [6, 6.07) is 30.3. The quantitative estimate of drug-likeness (QED) is 0.329. The van der Waals surface area contributed by atoms with Crippen molar-refractivity contribution in [2.24, 2.45) is 0 Å². The monoisotopic (exact) mass is 423 g/mol. The number of hydrogen-bond donors (Lipinski definition) is 0. The number of carbonyl (C=O) groups excluding carboxylic acids is 1. The first-order valence-corrected chi connectivity index (χ1v) is 10.5. The van der Waals surface area contributed by atoms with Gasteiger partial charge >= 0.3 is 0 Å². The van der Waals surface area contributed by atoms with E-state index in [9.17, 15) is 4.79 Å². The lowest BCUT2D eigenvalue weighted by Gasteiger charge is -2.36. The Morgan fingerprint density at radius 3 is 2.03 bits per heavy atom. The van der Waals surface area contributed by atoms with Crippen LogP contribution in [-0.4, -0.2) is 18.4 Å². The summed E-state index contributed by atoms with van der Waals surface area (Å²) in [5.74, 6) is 0.812. The molecule has 0 aliphatic carbocycles. The fourth-order valence-electron chi connectivity index (χ4n) is 3.91. The molecule has 3 aromatic carbocycles. The number of ether oxygens (including phenoxy) is 2. The SMILES string of the molecule is COc1ccc(CC(OCc2ccncc2C=O)(c2ccccc2)c2ccccc2)cc1. The van der Waals surface area contributed by atoms with Gasteiger partial charge in [-0.25, -0.2) is 0 Å². The van der Waals surface area contributed by atoms with E-state index < -0.39 is 5.60 Å². The first kappa shape index (κ1) is 21.5. The van der Waals surface area contributed by atoms with Crippen LogP contribution in [0.1, 0.15) is 32.6 Å². The normalized spacial score (nSPS) is 11.2. The van der Waals surface area contributed by atoms with Gasteiger partial charge in [-0.15, -0.1) is 0 Å². The lowest BCUT2D eigenvalue weighted by atomic mass is 9.81. The molecule has 0 saturated carbocycles. The average molecular weight is 424 g/mol. The molecular formula is C28H25NO3. The lowest BCUT2D eigenvalue weighted by molar-refractivity contribution is -0.0307. The maximum Gasteiger partial charge on any atom is 0.151 e. The van der Waals surface area contributed by atoms with Gasteiger partial charge in [0.1, 0.15) is 11.4 Å². The average Bonchev–Trinajstić information content (AvgIpc) is 2.88. The molecule has 4 heteroatoms. The first-order chi connectivity index (χ1) is 15.7. The van der Waals surface area contributed by atoms with Crippen molar-refractivity contribution in [2.75, 3.05) is 7.11 Å². The van der Waals surface area contributed by atoms with E-state index in [1.807, 2.05) is 54.6 Å². The number of carbonyl (C=O) groups is 1. The standard InChI is InChI=1S/C28H25NO3/c1-31-27-14-12-22(13-15-27)18-28(25-8-4-2-5-9-25,26-10-6-3-7-11-26)32-21-23-16-17-29-19-24(23)20-30/h2-17,19-20H,18,21H2,1H3. The molecule has 0 bridgehead atoms. The van der Waals surface area contributed by atoms with Crippen LogP contribution >= 0.6 is 0 Å². The van der Waals surface area contributed by atoms with Crippen molar-refractivity contribution in [3.63, 3.8) is 0 Å². The first-order valence-electron chi connectivity index (χ1n) is 10.5. The zero-order chi connectivity index (χ0) is 22.2. The van der Waals surface area contributed by atoms with Crippen molar-refractivity contribution in [3.8, 4) is 5.75 Å². The highest BCUT2D eigenvalue weighted by atomic mass is 16.5. The Kier molecular flexibility index (Phi) is 6.73. The highest BCUT2D eigenvalue weighted by molar-refractivity contribution is 5.76. The number of hydrogen-bond acceptors (Lipinski definition) is 4. The second kappa shape index (κ2) is 10.0. The van der Waals surface area contributed by atoms with Crippen molar-refractivity contribution in [1.82, 2.24) is 4.98 Å². The van der Waals surface area contributed by atoms with Gasteiger partial charge in [0.2, 0.25) is 0 Å². The second-order valence-corrected chi connectivity index (χ2v) is 7.56. The molecular weight excluding hydrogens is 398 g/mol. The third kappa shape index (κ3) is 4.61. The van der Waals surface area contributed by atoms with Crippen molar-refractivity contribution in [1.29, 1.82) is 0 Å². The Morgan fingerprint density at radius 2 is 1.47 bits per heavy atom. The molecule has 1 aromatic heterocycles. The summed E-state index contributed by atoms with van der Waals surface area (Å²) < 4.78 is 12.1. The zero-order valence-corrected chi connectivity index (χ0v) is 18.0. The van der Waals surface area contributed by atoms with E-state index in [1.165, 1.54) is 0 Å². The predicted molar refractivity (Wildman–Crippen MR) is 125 cm³/mol. The summed E-state index contributed by atoms with van der Waals surface area (Å²) in [5, 5.41) is 0. The van der Waals surface area contributed by atoms with Crippen LogP contribution in [0.5, 0.6) is 5.75 Å². The van der Waals surface area contributed by atoms with Gasteiger partial charge in [-0.3, -0.25) is 9.78 Å². The molecule has 0 amide bonds. The summed E-state index contributed by atoms with van der Waals surface area (Å²) in [6.45, 7) is 0.274. The Morgan fingerprint density at radius 1 is 0.844 bits per heavy atom. The molecule has 160 valence electrons. The molecule has 0 aliphatic heterocycles. The van der Waals surface area contributed by atoms with Gasteiger partial charge in [-0.2, -0.15) is 0 Å². The predicted octanol–water partition coefficient (Wildman–Crippen LogP) is 5.61. The molecule has 0 N–H and O–H groups in total. The highest BCUT2D eigenvalue weighted by Gasteiger charge is 2.36. The molecule has 0 unspecified atom stereocenters. The second-order valence-electron chi connectivity index (χ2n) is 7.56. The van der Waals surface area contributed by atoms with E-state index in [0.717, 1.165) is 34.3 Å². The van der Waals surface area contributed by atoms with Crippen LogP contribution in [0.15, 0.2) is 103 Å². The van der Waals surface area contributed by atoms with Crippen LogP contribution in [0.2, 0.25) is 0 Å². The molecule has 0 fully saturated rings. The summed E-state index contributed by atoms with van der Waals surface area (Å²) in [6.07, 6.45) is 4.69. The van der Waals surface area contributed by atoms with Gasteiger partial charge in [0.15, 0.2) is 6.29 Å². The maximum atomic E-state index is 11.5. The van der Waals surface area contributed by atoms with Gasteiger partial charge in [0, 0.05) is 24.4 Å². The fourth-order valence-corrected chi connectivity index (χ4v) is 3.91. The van der Waals surface area contributed by atoms with Crippen molar-refractivity contribution >= 4 is 6.29 Å². The smallest absolute Gasteiger partial charge is 0.151 e. The van der Waals surface area contributed by atoms with Crippen molar-refractivity contribution in [3.05, 3.63) is 131 Å². The topological polar surface area (TPSA) is 48.4 Å². The zero-order valence-electron chi connectivity index (χ0n) is 18.0. The minimum atomic E-state index is -0.749. The summed E-state index contributed by atoms with van der Waals surface area (Å²) in [7, 11) is 1.66. The van der Waals surface area contributed by atoms with Crippen LogP contribution in [0.4, 0.5) is 0 Å². The molecule has 0 saturated heterocycles. The third-order valence-corrected chi connectivity index (χ3v) is 5.64.